The standard InChI is InChI=1S/C19H31NO/c1-4-16-21-17-12-8-6-10-14-19(3)18(2)13-9-5-7-11-15-20/h4-9,11-12,17-19H,1,10,13-16,20H2,2-3H3/b8-6+,9-5+,11-7+,17-12+. The van der Waals surface area contributed by atoms with E-state index in [1.54, 1.807) is 12.3 Å². The van der Waals surface area contributed by atoms with Crippen molar-refractivity contribution in [1.82, 2.24) is 0 Å². The van der Waals surface area contributed by atoms with Gasteiger partial charge >= 0.3 is 0 Å². The molecule has 0 aromatic carbocycles. The summed E-state index contributed by atoms with van der Waals surface area (Å²) in [6.07, 6.45) is 21.3. The number of nitrogens with two attached hydrogens (primary N) is 1. The molecule has 0 fully saturated rings. The molecule has 2 N–H and O–H groups in total. The van der Waals surface area contributed by atoms with Crippen molar-refractivity contribution in [1.29, 1.82) is 0 Å². The zero-order valence-electron chi connectivity index (χ0n) is 13.6. The van der Waals surface area contributed by atoms with Gasteiger partial charge in [0.1, 0.15) is 6.61 Å². The zero-order chi connectivity index (χ0) is 15.8. The van der Waals surface area contributed by atoms with Crippen LogP contribution in [0.3, 0.4) is 0 Å². The summed E-state index contributed by atoms with van der Waals surface area (Å²) >= 11 is 0. The Kier molecular flexibility index (Phi) is 13.8. The first-order chi connectivity index (χ1) is 10.2. The second-order valence-corrected chi connectivity index (χ2v) is 5.24. The van der Waals surface area contributed by atoms with Crippen LogP contribution in [0.5, 0.6) is 0 Å². The van der Waals surface area contributed by atoms with Crippen molar-refractivity contribution >= 4 is 0 Å². The van der Waals surface area contributed by atoms with Crippen molar-refractivity contribution in [3.05, 3.63) is 61.4 Å². The fourth-order valence-corrected chi connectivity index (χ4v) is 1.80. The molecule has 0 rings (SSSR count). The predicted octanol–water partition coefficient (Wildman–Crippen LogP) is 4.77. The van der Waals surface area contributed by atoms with Crippen LogP contribution >= 0.6 is 0 Å². The monoisotopic (exact) mass is 289 g/mol. The highest BCUT2D eigenvalue weighted by atomic mass is 16.5. The Morgan fingerprint density at radius 2 is 1.71 bits per heavy atom. The summed E-state index contributed by atoms with van der Waals surface area (Å²) in [5.74, 6) is 1.42. The molecule has 21 heavy (non-hydrogen) atoms. The molecule has 0 spiro atoms. The fourth-order valence-electron chi connectivity index (χ4n) is 1.80. The summed E-state index contributed by atoms with van der Waals surface area (Å²) in [4.78, 5) is 0. The number of rotatable bonds is 12. The third-order valence-corrected chi connectivity index (χ3v) is 3.42. The minimum absolute atomic E-state index is 0.562. The van der Waals surface area contributed by atoms with E-state index in [1.807, 2.05) is 24.3 Å². The van der Waals surface area contributed by atoms with Gasteiger partial charge in [0.05, 0.1) is 6.26 Å². The van der Waals surface area contributed by atoms with E-state index in [2.05, 4.69) is 38.7 Å². The van der Waals surface area contributed by atoms with Crippen molar-refractivity contribution in [2.24, 2.45) is 17.6 Å². The van der Waals surface area contributed by atoms with Gasteiger partial charge in [-0.25, -0.2) is 0 Å². The highest BCUT2D eigenvalue weighted by Crippen LogP contribution is 2.20. The SMILES string of the molecule is C=CCO/C=C/C=C/CCC(C)C(C)C/C=C/C=C/CN. The predicted molar refractivity (Wildman–Crippen MR) is 93.9 cm³/mol. The van der Waals surface area contributed by atoms with Crippen LogP contribution in [0.2, 0.25) is 0 Å². The lowest BCUT2D eigenvalue weighted by atomic mass is 9.89. The van der Waals surface area contributed by atoms with E-state index in [9.17, 15) is 0 Å². The Morgan fingerprint density at radius 3 is 2.43 bits per heavy atom. The average molecular weight is 289 g/mol. The van der Waals surface area contributed by atoms with Crippen LogP contribution in [0.25, 0.3) is 0 Å². The fraction of sp³-hybridized carbons (Fsp3) is 0.474. The van der Waals surface area contributed by atoms with Crippen LogP contribution in [0, 0.1) is 11.8 Å². The summed E-state index contributed by atoms with van der Waals surface area (Å²) in [7, 11) is 0. The van der Waals surface area contributed by atoms with Gasteiger partial charge in [-0.1, -0.05) is 63.0 Å². The van der Waals surface area contributed by atoms with Crippen molar-refractivity contribution < 1.29 is 4.74 Å². The van der Waals surface area contributed by atoms with Crippen LogP contribution in [0.4, 0.5) is 0 Å². The van der Waals surface area contributed by atoms with Gasteiger partial charge in [-0.2, -0.15) is 0 Å². The topological polar surface area (TPSA) is 35.2 Å². The molecule has 2 unspecified atom stereocenters. The molecule has 0 saturated carbocycles. The highest BCUT2D eigenvalue weighted by molar-refractivity contribution is 5.03. The van der Waals surface area contributed by atoms with E-state index in [0.717, 1.165) is 18.8 Å². The first kappa shape index (κ1) is 19.5. The van der Waals surface area contributed by atoms with E-state index >= 15 is 0 Å². The first-order valence-corrected chi connectivity index (χ1v) is 7.78. The van der Waals surface area contributed by atoms with Gasteiger partial charge in [-0.05, 0) is 37.2 Å². The van der Waals surface area contributed by atoms with Crippen LogP contribution in [0.1, 0.15) is 33.1 Å². The number of ether oxygens (including phenoxy) is 1. The zero-order valence-corrected chi connectivity index (χ0v) is 13.6. The Bertz CT molecular complexity index is 353. The molecule has 118 valence electrons. The van der Waals surface area contributed by atoms with Crippen molar-refractivity contribution in [3.8, 4) is 0 Å². The van der Waals surface area contributed by atoms with Gasteiger partial charge in [-0.3, -0.25) is 0 Å². The van der Waals surface area contributed by atoms with Crippen molar-refractivity contribution in [3.63, 3.8) is 0 Å². The smallest absolute Gasteiger partial charge is 0.105 e. The molecular weight excluding hydrogens is 258 g/mol. The summed E-state index contributed by atoms with van der Waals surface area (Å²) in [5.41, 5.74) is 5.39. The van der Waals surface area contributed by atoms with E-state index in [1.165, 1.54) is 6.42 Å². The van der Waals surface area contributed by atoms with Gasteiger partial charge < -0.3 is 10.5 Å². The normalized spacial score (nSPS) is 15.4. The van der Waals surface area contributed by atoms with Gasteiger partial charge in [0.15, 0.2) is 0 Å². The van der Waals surface area contributed by atoms with Crippen LogP contribution in [-0.2, 0) is 4.74 Å². The van der Waals surface area contributed by atoms with Crippen LogP contribution in [-0.4, -0.2) is 13.2 Å². The minimum atomic E-state index is 0.562. The third kappa shape index (κ3) is 13.2. The second-order valence-electron chi connectivity index (χ2n) is 5.24. The molecule has 0 aliphatic rings. The molecule has 2 nitrogen and oxygen atoms in total. The summed E-state index contributed by atoms with van der Waals surface area (Å²) in [5, 5.41) is 0. The molecule has 0 aromatic heterocycles. The maximum atomic E-state index is 5.39. The summed E-state index contributed by atoms with van der Waals surface area (Å²) in [6.45, 7) is 9.40. The van der Waals surface area contributed by atoms with Crippen LogP contribution < -0.4 is 5.73 Å². The lowest BCUT2D eigenvalue weighted by molar-refractivity contribution is 0.290. The largest absolute Gasteiger partial charge is 0.497 e. The summed E-state index contributed by atoms with van der Waals surface area (Å²) < 4.78 is 5.15. The lowest BCUT2D eigenvalue weighted by Gasteiger charge is -2.17. The van der Waals surface area contributed by atoms with Crippen LogP contribution in [0.15, 0.2) is 61.4 Å². The van der Waals surface area contributed by atoms with Crippen molar-refractivity contribution in [2.75, 3.05) is 13.2 Å². The molecule has 0 heterocycles. The maximum absolute atomic E-state index is 5.39. The maximum Gasteiger partial charge on any atom is 0.105 e. The molecule has 0 amide bonds. The molecule has 0 radical (unpaired) electrons. The first-order valence-electron chi connectivity index (χ1n) is 7.78. The highest BCUT2D eigenvalue weighted by Gasteiger charge is 2.09. The molecule has 0 bridgehead atoms. The Hall–Kier alpha value is -1.54. The molecule has 0 aromatic rings. The molecule has 0 saturated heterocycles. The molecule has 2 heteroatoms. The van der Waals surface area contributed by atoms with Gasteiger partial charge in [0.25, 0.3) is 0 Å². The van der Waals surface area contributed by atoms with E-state index in [-0.39, 0.29) is 0 Å². The molecule has 0 aliphatic carbocycles. The number of hydrogen-bond donors (Lipinski definition) is 1. The number of hydrogen-bond acceptors (Lipinski definition) is 2. The minimum Gasteiger partial charge on any atom is -0.497 e. The Labute approximate surface area is 130 Å². The average Bonchev–Trinajstić information content (AvgIpc) is 2.49. The Balaban J connectivity index is 3.76. The van der Waals surface area contributed by atoms with E-state index in [4.69, 9.17) is 10.5 Å². The third-order valence-electron chi connectivity index (χ3n) is 3.42. The van der Waals surface area contributed by atoms with E-state index in [0.29, 0.717) is 19.1 Å². The van der Waals surface area contributed by atoms with Gasteiger partial charge in [0.2, 0.25) is 0 Å². The summed E-state index contributed by atoms with van der Waals surface area (Å²) in [6, 6.07) is 0. The molecule has 2 atom stereocenters. The second kappa shape index (κ2) is 14.9. The Morgan fingerprint density at radius 1 is 1.00 bits per heavy atom. The molecule has 0 aliphatic heterocycles. The number of allylic oxidation sites excluding steroid dienone is 6. The quantitative estimate of drug-likeness (QED) is 0.243. The van der Waals surface area contributed by atoms with Gasteiger partial charge in [0, 0.05) is 6.54 Å². The lowest BCUT2D eigenvalue weighted by Crippen LogP contribution is -2.06. The van der Waals surface area contributed by atoms with Gasteiger partial charge in [-0.15, -0.1) is 0 Å². The van der Waals surface area contributed by atoms with Crippen molar-refractivity contribution in [2.45, 2.75) is 33.1 Å². The van der Waals surface area contributed by atoms with E-state index < -0.39 is 0 Å². The molecular formula is C19H31NO.